The van der Waals surface area contributed by atoms with Crippen LogP contribution >= 0.6 is 0 Å². The van der Waals surface area contributed by atoms with Crippen LogP contribution in [0.5, 0.6) is 0 Å². The van der Waals surface area contributed by atoms with Crippen LogP contribution in [-0.4, -0.2) is 78.2 Å². The third-order valence-corrected chi connectivity index (χ3v) is 7.30. The van der Waals surface area contributed by atoms with Crippen molar-refractivity contribution >= 4 is 45.0 Å². The number of amides is 1. The van der Waals surface area contributed by atoms with Gasteiger partial charge in [-0.05, 0) is 70.8 Å². The van der Waals surface area contributed by atoms with Gasteiger partial charge in [-0.25, -0.2) is 4.39 Å². The number of carbonyl (C=O) groups excluding carboxylic acids is 2. The highest BCUT2D eigenvalue weighted by atomic mass is 19.1. The minimum Gasteiger partial charge on any atom is -0.394 e. The number of aromatic nitrogens is 2. The number of hydrogen-bond acceptors (Lipinski definition) is 9. The second-order valence-corrected chi connectivity index (χ2v) is 10.2. The maximum Gasteiger partial charge on any atom is 0.279 e. The van der Waals surface area contributed by atoms with Crippen molar-refractivity contribution in [1.82, 2.24) is 9.78 Å². The van der Waals surface area contributed by atoms with Gasteiger partial charge in [0.2, 0.25) is 0 Å². The molecule has 4 atom stereocenters. The summed E-state index contributed by atoms with van der Waals surface area (Å²) in [6, 6.07) is 19.9. The number of aliphatic hydroxyl groups excluding tert-OH is 5. The Kier molecular flexibility index (Phi) is 8.22. The fourth-order valence-corrected chi connectivity index (χ4v) is 4.97. The lowest BCUT2D eigenvalue weighted by Gasteiger charge is -2.24. The summed E-state index contributed by atoms with van der Waals surface area (Å²) in [6.07, 6.45) is -8.08. The molecule has 5 rings (SSSR count). The van der Waals surface area contributed by atoms with Crippen LogP contribution in [-0.2, 0) is 0 Å². The van der Waals surface area contributed by atoms with Crippen LogP contribution in [0.2, 0.25) is 0 Å². The highest BCUT2D eigenvalue weighted by molar-refractivity contribution is 6.14. The molecule has 8 N–H and O–H groups in total. The van der Waals surface area contributed by atoms with Crippen LogP contribution in [0.1, 0.15) is 20.7 Å². The van der Waals surface area contributed by atoms with Gasteiger partial charge in [0.1, 0.15) is 24.1 Å². The standard InChI is InChI=1S/C31H29FN4O7/c1-15-12-18(9-11-22(15)32)34-30(42)21-6-2-4-16-13-17(8-10-19(16)21)20-5-3-7-23-25(20)29(33)35-36(23)31(43)28(41)27(40)26(39)24(38)14-37/h2-13,24,26-28,37-41H,14H2,1H3,(H2,33,35)(H,34,42)/t24-,26-,27+,28-/m1/s1. The molecule has 12 heteroatoms. The van der Waals surface area contributed by atoms with Crippen LogP contribution in [0.4, 0.5) is 15.9 Å². The number of hydrogen-bond donors (Lipinski definition) is 7. The average molecular weight is 589 g/mol. The van der Waals surface area contributed by atoms with Crippen molar-refractivity contribution in [2.24, 2.45) is 0 Å². The van der Waals surface area contributed by atoms with E-state index in [1.54, 1.807) is 55.5 Å². The lowest BCUT2D eigenvalue weighted by atomic mass is 9.96. The molecule has 0 saturated heterocycles. The van der Waals surface area contributed by atoms with Gasteiger partial charge in [-0.2, -0.15) is 4.68 Å². The Bertz CT molecular complexity index is 1860. The number of aryl methyl sites for hydroxylation is 1. The molecule has 11 nitrogen and oxygen atoms in total. The minimum absolute atomic E-state index is 0.0422. The van der Waals surface area contributed by atoms with E-state index in [4.69, 9.17) is 10.8 Å². The summed E-state index contributed by atoms with van der Waals surface area (Å²) in [4.78, 5) is 26.2. The van der Waals surface area contributed by atoms with E-state index >= 15 is 0 Å². The number of aliphatic hydroxyl groups is 5. The van der Waals surface area contributed by atoms with Gasteiger partial charge in [-0.3, -0.25) is 9.59 Å². The Morgan fingerprint density at radius 2 is 1.72 bits per heavy atom. The van der Waals surface area contributed by atoms with Crippen LogP contribution in [0.3, 0.4) is 0 Å². The number of benzene rings is 4. The smallest absolute Gasteiger partial charge is 0.279 e. The Balaban J connectivity index is 1.49. The van der Waals surface area contributed by atoms with Gasteiger partial charge in [-0.15, -0.1) is 5.10 Å². The summed E-state index contributed by atoms with van der Waals surface area (Å²) >= 11 is 0. The van der Waals surface area contributed by atoms with Crippen molar-refractivity contribution < 1.29 is 39.5 Å². The van der Waals surface area contributed by atoms with Gasteiger partial charge in [0.15, 0.2) is 11.9 Å². The molecular weight excluding hydrogens is 559 g/mol. The van der Waals surface area contributed by atoms with E-state index in [0.29, 0.717) is 38.7 Å². The summed E-state index contributed by atoms with van der Waals surface area (Å²) < 4.78 is 14.5. The van der Waals surface area contributed by atoms with Gasteiger partial charge in [0, 0.05) is 11.3 Å². The Labute approximate surface area is 244 Å². The minimum atomic E-state index is -2.19. The summed E-state index contributed by atoms with van der Waals surface area (Å²) in [5.41, 5.74) is 8.97. The van der Waals surface area contributed by atoms with Crippen LogP contribution < -0.4 is 11.1 Å². The zero-order valence-corrected chi connectivity index (χ0v) is 22.8. The van der Waals surface area contributed by atoms with E-state index in [2.05, 4.69) is 10.4 Å². The molecule has 0 unspecified atom stereocenters. The second-order valence-electron chi connectivity index (χ2n) is 10.2. The molecule has 4 aromatic carbocycles. The molecule has 0 radical (unpaired) electrons. The van der Waals surface area contributed by atoms with E-state index in [9.17, 15) is 34.4 Å². The van der Waals surface area contributed by atoms with Crippen LogP contribution in [0, 0.1) is 12.7 Å². The molecule has 0 aliphatic carbocycles. The van der Waals surface area contributed by atoms with Gasteiger partial charge >= 0.3 is 0 Å². The van der Waals surface area contributed by atoms with E-state index in [1.807, 2.05) is 12.1 Å². The zero-order chi connectivity index (χ0) is 31.0. The van der Waals surface area contributed by atoms with Crippen molar-refractivity contribution in [1.29, 1.82) is 0 Å². The first-order chi connectivity index (χ1) is 20.5. The molecule has 0 fully saturated rings. The van der Waals surface area contributed by atoms with E-state index < -0.39 is 36.9 Å². The van der Waals surface area contributed by atoms with E-state index in [-0.39, 0.29) is 23.1 Å². The number of rotatable bonds is 8. The second kappa shape index (κ2) is 11.9. The largest absolute Gasteiger partial charge is 0.394 e. The Hall–Kier alpha value is -4.72. The van der Waals surface area contributed by atoms with Gasteiger partial charge < -0.3 is 36.6 Å². The van der Waals surface area contributed by atoms with E-state index in [1.165, 1.54) is 12.1 Å². The number of nitrogens with zero attached hydrogens (tertiary/aromatic N) is 2. The predicted octanol–water partition coefficient (Wildman–Crippen LogP) is 2.21. The maximum atomic E-state index is 13.7. The highest BCUT2D eigenvalue weighted by Crippen LogP contribution is 2.35. The third-order valence-electron chi connectivity index (χ3n) is 7.30. The van der Waals surface area contributed by atoms with Gasteiger partial charge in [0.25, 0.3) is 11.8 Å². The number of nitrogen functional groups attached to an aromatic ring is 1. The van der Waals surface area contributed by atoms with E-state index in [0.717, 1.165) is 10.1 Å². The number of carbonyl (C=O) groups is 2. The molecule has 0 spiro atoms. The fourth-order valence-electron chi connectivity index (χ4n) is 4.97. The quantitative estimate of drug-likeness (QED) is 0.142. The summed E-state index contributed by atoms with van der Waals surface area (Å²) in [7, 11) is 0. The lowest BCUT2D eigenvalue weighted by Crippen LogP contribution is -2.49. The molecule has 0 aliphatic heterocycles. The molecule has 222 valence electrons. The third kappa shape index (κ3) is 5.57. The Morgan fingerprint density at radius 3 is 2.44 bits per heavy atom. The lowest BCUT2D eigenvalue weighted by molar-refractivity contribution is -0.107. The fraction of sp³-hybridized carbons (Fsp3) is 0.194. The molecule has 5 aromatic rings. The normalized spacial score (nSPS) is 14.4. The first-order valence-corrected chi connectivity index (χ1v) is 13.3. The average Bonchev–Trinajstić information content (AvgIpc) is 3.36. The number of halogens is 1. The van der Waals surface area contributed by atoms with Crippen molar-refractivity contribution in [3.63, 3.8) is 0 Å². The van der Waals surface area contributed by atoms with Crippen molar-refractivity contribution in [3.8, 4) is 11.1 Å². The molecular formula is C31H29FN4O7. The number of fused-ring (bicyclic) bond motifs is 2. The first-order valence-electron chi connectivity index (χ1n) is 13.3. The molecule has 1 aromatic heterocycles. The SMILES string of the molecule is Cc1cc(NC(=O)c2cccc3cc(-c4cccc5c4c(N)nn5C(=O)[C@H](O)[C@@H](O)[C@H](O)[C@H](O)CO)ccc23)ccc1F. The van der Waals surface area contributed by atoms with Crippen molar-refractivity contribution in [2.45, 2.75) is 31.3 Å². The molecule has 0 bridgehead atoms. The van der Waals surface area contributed by atoms with Gasteiger partial charge in [0.05, 0.1) is 17.5 Å². The highest BCUT2D eigenvalue weighted by Gasteiger charge is 2.36. The topological polar surface area (TPSA) is 191 Å². The molecule has 1 heterocycles. The summed E-state index contributed by atoms with van der Waals surface area (Å²) in [5, 5.41) is 57.8. The van der Waals surface area contributed by atoms with Crippen molar-refractivity contribution in [3.05, 3.63) is 89.7 Å². The number of nitrogens with two attached hydrogens (primary N) is 1. The van der Waals surface area contributed by atoms with Crippen molar-refractivity contribution in [2.75, 3.05) is 17.7 Å². The first kappa shape index (κ1) is 29.8. The molecule has 0 saturated carbocycles. The van der Waals surface area contributed by atoms with Crippen LogP contribution in [0.25, 0.3) is 32.8 Å². The zero-order valence-electron chi connectivity index (χ0n) is 22.8. The summed E-state index contributed by atoms with van der Waals surface area (Å²) in [6.45, 7) is 0.712. The Morgan fingerprint density at radius 1 is 0.977 bits per heavy atom. The molecule has 1 amide bonds. The number of anilines is 2. The predicted molar refractivity (Wildman–Crippen MR) is 158 cm³/mol. The molecule has 43 heavy (non-hydrogen) atoms. The monoisotopic (exact) mass is 588 g/mol. The van der Waals surface area contributed by atoms with Gasteiger partial charge in [-0.1, -0.05) is 36.4 Å². The summed E-state index contributed by atoms with van der Waals surface area (Å²) in [5.74, 6) is -1.89. The van der Waals surface area contributed by atoms with Crippen LogP contribution in [0.15, 0.2) is 72.8 Å². The molecule has 0 aliphatic rings. The maximum absolute atomic E-state index is 13.7. The number of nitrogens with one attached hydrogen (secondary N) is 1.